The summed E-state index contributed by atoms with van der Waals surface area (Å²) in [7, 11) is 0. The van der Waals surface area contributed by atoms with Crippen LogP contribution in [0.1, 0.15) is 34.1 Å². The van der Waals surface area contributed by atoms with Gasteiger partial charge in [-0.15, -0.1) is 0 Å². The maximum absolute atomic E-state index is 11.9. The lowest BCUT2D eigenvalue weighted by molar-refractivity contribution is -0.159. The monoisotopic (exact) mass is 324 g/mol. The zero-order chi connectivity index (χ0) is 17.4. The molecule has 2 N–H and O–H groups in total. The molecule has 0 spiro atoms. The Hall–Kier alpha value is -2.62. The molecule has 0 amide bonds. The number of benzene rings is 2. The highest BCUT2D eigenvalue weighted by Gasteiger charge is 2.58. The molecule has 3 rings (SSSR count). The van der Waals surface area contributed by atoms with Crippen molar-refractivity contribution in [2.24, 2.45) is 11.8 Å². The second-order valence-electron chi connectivity index (χ2n) is 6.61. The fourth-order valence-electron chi connectivity index (χ4n) is 3.95. The largest absolute Gasteiger partial charge is 0.481 e. The first kappa shape index (κ1) is 16.2. The minimum Gasteiger partial charge on any atom is -0.481 e. The number of rotatable bonds is 4. The normalized spacial score (nSPS) is 25.8. The van der Waals surface area contributed by atoms with Gasteiger partial charge >= 0.3 is 11.9 Å². The molecule has 124 valence electrons. The first-order valence-corrected chi connectivity index (χ1v) is 7.99. The molecule has 0 bridgehead atoms. The molecular formula is C20H20O4. The van der Waals surface area contributed by atoms with Crippen molar-refractivity contribution < 1.29 is 19.8 Å². The molecule has 4 heteroatoms. The third-order valence-corrected chi connectivity index (χ3v) is 4.97. The first-order chi connectivity index (χ1) is 11.4. The van der Waals surface area contributed by atoms with Gasteiger partial charge in [0.05, 0.1) is 11.8 Å². The Morgan fingerprint density at radius 3 is 1.42 bits per heavy atom. The Balaban J connectivity index is 2.07. The van der Waals surface area contributed by atoms with Crippen molar-refractivity contribution in [2.45, 2.75) is 25.7 Å². The standard InChI is InChI=1S/C20H20O4/c1-11-5-3-7-13(9-11)15-17(19(21)22)16(18(15)20(23)24)14-8-4-6-12(2)10-14/h3-10,15-18H,1-2H3,(H,21,22)(H,23,24). The Labute approximate surface area is 140 Å². The van der Waals surface area contributed by atoms with Gasteiger partial charge in [-0.05, 0) is 25.0 Å². The topological polar surface area (TPSA) is 74.6 Å². The third kappa shape index (κ3) is 2.68. The molecule has 0 atom stereocenters. The van der Waals surface area contributed by atoms with Gasteiger partial charge in [0.2, 0.25) is 0 Å². The predicted molar refractivity (Wildman–Crippen MR) is 90.1 cm³/mol. The first-order valence-electron chi connectivity index (χ1n) is 7.99. The summed E-state index contributed by atoms with van der Waals surface area (Å²) < 4.78 is 0. The van der Waals surface area contributed by atoms with Crippen LogP contribution in [-0.2, 0) is 9.59 Å². The molecule has 0 aliphatic heterocycles. The molecule has 1 aliphatic carbocycles. The van der Waals surface area contributed by atoms with Crippen LogP contribution in [0.2, 0.25) is 0 Å². The highest BCUT2D eigenvalue weighted by Crippen LogP contribution is 2.57. The second-order valence-corrected chi connectivity index (χ2v) is 6.61. The van der Waals surface area contributed by atoms with E-state index in [-0.39, 0.29) is 0 Å². The van der Waals surface area contributed by atoms with Crippen molar-refractivity contribution in [2.75, 3.05) is 0 Å². The van der Waals surface area contributed by atoms with Gasteiger partial charge in [-0.1, -0.05) is 59.7 Å². The lowest BCUT2D eigenvalue weighted by atomic mass is 9.52. The summed E-state index contributed by atoms with van der Waals surface area (Å²) in [6.45, 7) is 3.84. The molecule has 1 saturated carbocycles. The number of carboxylic acids is 2. The highest BCUT2D eigenvalue weighted by atomic mass is 16.4. The van der Waals surface area contributed by atoms with Crippen LogP contribution < -0.4 is 0 Å². The summed E-state index contributed by atoms with van der Waals surface area (Å²) in [5.74, 6) is -4.35. The minimum atomic E-state index is -0.939. The van der Waals surface area contributed by atoms with Crippen LogP contribution in [0.5, 0.6) is 0 Å². The number of hydrogen-bond acceptors (Lipinski definition) is 2. The molecule has 0 aromatic heterocycles. The van der Waals surface area contributed by atoms with Gasteiger partial charge < -0.3 is 10.2 Å². The number of aliphatic carboxylic acids is 2. The Morgan fingerprint density at radius 1 is 0.750 bits per heavy atom. The highest BCUT2D eigenvalue weighted by molar-refractivity contribution is 5.83. The maximum Gasteiger partial charge on any atom is 0.307 e. The smallest absolute Gasteiger partial charge is 0.307 e. The molecule has 1 fully saturated rings. The number of aryl methyl sites for hydroxylation is 2. The van der Waals surface area contributed by atoms with Crippen LogP contribution in [0.25, 0.3) is 0 Å². The van der Waals surface area contributed by atoms with Gasteiger partial charge in [0.25, 0.3) is 0 Å². The van der Waals surface area contributed by atoms with E-state index in [1.54, 1.807) is 0 Å². The number of hydrogen-bond donors (Lipinski definition) is 2. The van der Waals surface area contributed by atoms with Crippen LogP contribution in [0.15, 0.2) is 48.5 Å². The van der Waals surface area contributed by atoms with Crippen LogP contribution in [0.4, 0.5) is 0 Å². The molecule has 0 heterocycles. The summed E-state index contributed by atoms with van der Waals surface area (Å²) >= 11 is 0. The average Bonchev–Trinajstić information content (AvgIpc) is 2.45. The fourth-order valence-corrected chi connectivity index (χ4v) is 3.95. The maximum atomic E-state index is 11.9. The van der Waals surface area contributed by atoms with Gasteiger partial charge in [-0.2, -0.15) is 0 Å². The van der Waals surface area contributed by atoms with E-state index in [0.29, 0.717) is 0 Å². The zero-order valence-corrected chi connectivity index (χ0v) is 13.6. The van der Waals surface area contributed by atoms with Crippen molar-refractivity contribution in [3.63, 3.8) is 0 Å². The van der Waals surface area contributed by atoms with Crippen molar-refractivity contribution in [3.8, 4) is 0 Å². The van der Waals surface area contributed by atoms with E-state index in [1.807, 2.05) is 62.4 Å². The quantitative estimate of drug-likeness (QED) is 0.901. The van der Waals surface area contributed by atoms with Crippen molar-refractivity contribution in [1.82, 2.24) is 0 Å². The van der Waals surface area contributed by atoms with Gasteiger partial charge in [0, 0.05) is 11.8 Å². The average molecular weight is 324 g/mol. The van der Waals surface area contributed by atoms with Crippen LogP contribution >= 0.6 is 0 Å². The van der Waals surface area contributed by atoms with Crippen LogP contribution in [0, 0.1) is 25.7 Å². The van der Waals surface area contributed by atoms with Gasteiger partial charge in [-0.3, -0.25) is 9.59 Å². The summed E-state index contributed by atoms with van der Waals surface area (Å²) in [4.78, 5) is 23.8. The van der Waals surface area contributed by atoms with E-state index in [9.17, 15) is 19.8 Å². The van der Waals surface area contributed by atoms with E-state index in [2.05, 4.69) is 0 Å². The zero-order valence-electron chi connectivity index (χ0n) is 13.6. The molecule has 2 aromatic carbocycles. The van der Waals surface area contributed by atoms with Crippen LogP contribution in [-0.4, -0.2) is 22.2 Å². The third-order valence-electron chi connectivity index (χ3n) is 4.97. The number of carbonyl (C=O) groups is 2. The molecule has 0 saturated heterocycles. The van der Waals surface area contributed by atoms with Gasteiger partial charge in [0.1, 0.15) is 0 Å². The second kappa shape index (κ2) is 6.11. The molecular weight excluding hydrogens is 304 g/mol. The van der Waals surface area contributed by atoms with E-state index in [0.717, 1.165) is 22.3 Å². The Kier molecular flexibility index (Phi) is 4.14. The lowest BCUT2D eigenvalue weighted by Crippen LogP contribution is -2.50. The summed E-state index contributed by atoms with van der Waals surface area (Å²) in [5.41, 5.74) is 3.58. The summed E-state index contributed by atoms with van der Waals surface area (Å²) in [5, 5.41) is 19.5. The molecule has 24 heavy (non-hydrogen) atoms. The van der Waals surface area contributed by atoms with E-state index in [4.69, 9.17) is 0 Å². The van der Waals surface area contributed by atoms with Crippen LogP contribution in [0.3, 0.4) is 0 Å². The van der Waals surface area contributed by atoms with Gasteiger partial charge in [0.15, 0.2) is 0 Å². The predicted octanol–water partition coefficient (Wildman–Crippen LogP) is 3.59. The number of carboxylic acid groups (broad SMARTS) is 2. The fraction of sp³-hybridized carbons (Fsp3) is 0.300. The van der Waals surface area contributed by atoms with E-state index < -0.39 is 35.6 Å². The molecule has 0 unspecified atom stereocenters. The molecule has 1 aliphatic rings. The minimum absolute atomic E-state index is 0.509. The SMILES string of the molecule is Cc1cccc(C2C(C(=O)O)C(c3cccc(C)c3)C2C(=O)O)c1. The van der Waals surface area contributed by atoms with Gasteiger partial charge in [-0.25, -0.2) is 0 Å². The van der Waals surface area contributed by atoms with Crippen molar-refractivity contribution >= 4 is 11.9 Å². The summed E-state index contributed by atoms with van der Waals surface area (Å²) in [6.07, 6.45) is 0. The lowest BCUT2D eigenvalue weighted by Gasteiger charge is -2.48. The summed E-state index contributed by atoms with van der Waals surface area (Å²) in [6, 6.07) is 15.0. The van der Waals surface area contributed by atoms with E-state index in [1.165, 1.54) is 0 Å². The Bertz CT molecular complexity index is 720. The van der Waals surface area contributed by atoms with Crippen molar-refractivity contribution in [1.29, 1.82) is 0 Å². The van der Waals surface area contributed by atoms with E-state index >= 15 is 0 Å². The molecule has 2 aromatic rings. The Morgan fingerprint density at radius 2 is 1.12 bits per heavy atom. The molecule has 4 nitrogen and oxygen atoms in total. The van der Waals surface area contributed by atoms with Crippen molar-refractivity contribution in [3.05, 3.63) is 70.8 Å². The molecule has 0 radical (unpaired) electrons.